The van der Waals surface area contributed by atoms with Crippen LogP contribution < -0.4 is 21.1 Å². The van der Waals surface area contributed by atoms with Crippen molar-refractivity contribution in [3.8, 4) is 11.5 Å². The number of ether oxygens (including phenoxy) is 2. The van der Waals surface area contributed by atoms with Gasteiger partial charge in [-0.1, -0.05) is 6.07 Å². The zero-order valence-electron chi connectivity index (χ0n) is 9.27. The lowest BCUT2D eigenvalue weighted by molar-refractivity contribution is 0.353. The molecule has 0 aliphatic heterocycles. The molecule has 0 aromatic heterocycles. The summed E-state index contributed by atoms with van der Waals surface area (Å²) in [7, 11) is 3.16. The minimum atomic E-state index is 0.148. The van der Waals surface area contributed by atoms with Crippen LogP contribution in [-0.2, 0) is 6.54 Å². The Labute approximate surface area is 99.9 Å². The van der Waals surface area contributed by atoms with E-state index >= 15 is 0 Å². The SMILES string of the molecule is COc1ccc(CN(N)C(N)=S)cc1OC. The van der Waals surface area contributed by atoms with Gasteiger partial charge < -0.3 is 15.2 Å². The number of nitrogens with two attached hydrogens (primary N) is 2. The first-order valence-electron chi connectivity index (χ1n) is 4.61. The summed E-state index contributed by atoms with van der Waals surface area (Å²) in [6.07, 6.45) is 0. The van der Waals surface area contributed by atoms with E-state index in [1.807, 2.05) is 18.2 Å². The first-order valence-corrected chi connectivity index (χ1v) is 5.02. The molecule has 0 amide bonds. The van der Waals surface area contributed by atoms with Gasteiger partial charge in [0.15, 0.2) is 16.6 Å². The molecular weight excluding hydrogens is 226 g/mol. The van der Waals surface area contributed by atoms with E-state index in [4.69, 9.17) is 33.3 Å². The molecule has 0 bridgehead atoms. The number of rotatable bonds is 4. The fourth-order valence-electron chi connectivity index (χ4n) is 1.25. The van der Waals surface area contributed by atoms with Crippen molar-refractivity contribution in [2.75, 3.05) is 14.2 Å². The molecule has 0 fully saturated rings. The maximum Gasteiger partial charge on any atom is 0.180 e. The summed E-state index contributed by atoms with van der Waals surface area (Å²) in [6, 6.07) is 5.51. The van der Waals surface area contributed by atoms with Crippen LogP contribution in [0.2, 0.25) is 0 Å². The van der Waals surface area contributed by atoms with E-state index in [1.54, 1.807) is 14.2 Å². The summed E-state index contributed by atoms with van der Waals surface area (Å²) in [4.78, 5) is 0. The molecule has 0 unspecified atom stereocenters. The maximum atomic E-state index is 5.61. The highest BCUT2D eigenvalue weighted by molar-refractivity contribution is 7.80. The summed E-state index contributed by atoms with van der Waals surface area (Å²) in [5.74, 6) is 6.93. The minimum absolute atomic E-state index is 0.148. The van der Waals surface area contributed by atoms with Crippen molar-refractivity contribution in [1.29, 1.82) is 0 Å². The number of thiocarbonyl (C=S) groups is 1. The molecule has 0 radical (unpaired) electrons. The number of benzene rings is 1. The molecule has 0 aliphatic carbocycles. The molecule has 0 aliphatic rings. The zero-order valence-corrected chi connectivity index (χ0v) is 10.1. The van der Waals surface area contributed by atoms with Crippen molar-refractivity contribution >= 4 is 17.3 Å². The van der Waals surface area contributed by atoms with Crippen LogP contribution in [-0.4, -0.2) is 24.3 Å². The maximum absolute atomic E-state index is 5.61. The fraction of sp³-hybridized carbons (Fsp3) is 0.300. The van der Waals surface area contributed by atoms with Crippen molar-refractivity contribution in [3.05, 3.63) is 23.8 Å². The molecule has 16 heavy (non-hydrogen) atoms. The third kappa shape index (κ3) is 2.98. The second-order valence-corrected chi connectivity index (χ2v) is 3.57. The van der Waals surface area contributed by atoms with Gasteiger partial charge in [-0.15, -0.1) is 0 Å². The highest BCUT2D eigenvalue weighted by atomic mass is 32.1. The molecule has 1 aromatic carbocycles. The fourth-order valence-corrected chi connectivity index (χ4v) is 1.32. The predicted molar refractivity (Wildman–Crippen MR) is 66.1 cm³/mol. The van der Waals surface area contributed by atoms with E-state index in [2.05, 4.69) is 0 Å². The molecule has 0 saturated carbocycles. The lowest BCUT2D eigenvalue weighted by Crippen LogP contribution is -2.40. The molecule has 0 spiro atoms. The quantitative estimate of drug-likeness (QED) is 0.457. The van der Waals surface area contributed by atoms with Crippen molar-refractivity contribution < 1.29 is 9.47 Å². The van der Waals surface area contributed by atoms with Crippen molar-refractivity contribution in [2.24, 2.45) is 11.6 Å². The van der Waals surface area contributed by atoms with Crippen LogP contribution in [0.4, 0.5) is 0 Å². The Bertz CT molecular complexity index is 384. The van der Waals surface area contributed by atoms with Crippen LogP contribution in [0.3, 0.4) is 0 Å². The standard InChI is InChI=1S/C10H15N3O2S/c1-14-8-4-3-7(5-9(8)15-2)6-13(12)10(11)16/h3-5H,6,12H2,1-2H3,(H2,11,16). The Morgan fingerprint density at radius 2 is 1.94 bits per heavy atom. The van der Waals surface area contributed by atoms with Crippen molar-refractivity contribution in [1.82, 2.24) is 5.01 Å². The van der Waals surface area contributed by atoms with Crippen molar-refractivity contribution in [2.45, 2.75) is 6.54 Å². The first-order chi connectivity index (χ1) is 7.58. The van der Waals surface area contributed by atoms with E-state index in [9.17, 15) is 0 Å². The van der Waals surface area contributed by atoms with Gasteiger partial charge in [-0.3, -0.25) is 5.01 Å². The van der Waals surface area contributed by atoms with Gasteiger partial charge >= 0.3 is 0 Å². The van der Waals surface area contributed by atoms with Crippen LogP contribution in [0.1, 0.15) is 5.56 Å². The van der Waals surface area contributed by atoms with Crippen molar-refractivity contribution in [3.63, 3.8) is 0 Å². The average Bonchev–Trinajstić information content (AvgIpc) is 2.28. The molecular formula is C10H15N3O2S. The van der Waals surface area contributed by atoms with Gasteiger partial charge in [0.05, 0.1) is 20.8 Å². The normalized spacial score (nSPS) is 9.69. The number of methoxy groups -OCH3 is 2. The van der Waals surface area contributed by atoms with Gasteiger partial charge in [0.2, 0.25) is 0 Å². The second-order valence-electron chi connectivity index (χ2n) is 3.16. The van der Waals surface area contributed by atoms with Crippen LogP contribution >= 0.6 is 12.2 Å². The molecule has 0 saturated heterocycles. The molecule has 6 heteroatoms. The van der Waals surface area contributed by atoms with Gasteiger partial charge in [0.25, 0.3) is 0 Å². The monoisotopic (exact) mass is 241 g/mol. The number of hydrazine groups is 1. The lowest BCUT2D eigenvalue weighted by Gasteiger charge is -2.17. The predicted octanol–water partition coefficient (Wildman–Crippen LogP) is 0.623. The van der Waals surface area contributed by atoms with Gasteiger partial charge in [-0.25, -0.2) is 5.84 Å². The second kappa shape index (κ2) is 5.53. The third-order valence-electron chi connectivity index (χ3n) is 2.08. The zero-order chi connectivity index (χ0) is 12.1. The number of hydrogen-bond donors (Lipinski definition) is 2. The summed E-state index contributed by atoms with van der Waals surface area (Å²) in [5, 5.41) is 1.44. The first kappa shape index (κ1) is 12.5. The largest absolute Gasteiger partial charge is 0.493 e. The molecule has 4 N–H and O–H groups in total. The van der Waals surface area contributed by atoms with E-state index in [0.717, 1.165) is 5.56 Å². The van der Waals surface area contributed by atoms with E-state index in [1.165, 1.54) is 5.01 Å². The highest BCUT2D eigenvalue weighted by Crippen LogP contribution is 2.27. The summed E-state index contributed by atoms with van der Waals surface area (Å²) >= 11 is 4.75. The minimum Gasteiger partial charge on any atom is -0.493 e. The Morgan fingerprint density at radius 3 is 2.44 bits per heavy atom. The smallest absolute Gasteiger partial charge is 0.180 e. The molecule has 88 valence electrons. The van der Waals surface area contributed by atoms with E-state index in [-0.39, 0.29) is 5.11 Å². The number of hydrogen-bond acceptors (Lipinski definition) is 4. The van der Waals surface area contributed by atoms with E-state index in [0.29, 0.717) is 18.0 Å². The van der Waals surface area contributed by atoms with Gasteiger partial charge in [-0.05, 0) is 29.9 Å². The Morgan fingerprint density at radius 1 is 1.31 bits per heavy atom. The molecule has 0 atom stereocenters. The van der Waals surface area contributed by atoms with Gasteiger partial charge in [0, 0.05) is 0 Å². The van der Waals surface area contributed by atoms with E-state index < -0.39 is 0 Å². The van der Waals surface area contributed by atoms with Crippen LogP contribution in [0.25, 0.3) is 0 Å². The summed E-state index contributed by atoms with van der Waals surface area (Å²) in [5.41, 5.74) is 6.32. The topological polar surface area (TPSA) is 73.7 Å². The summed E-state index contributed by atoms with van der Waals surface area (Å²) in [6.45, 7) is 0.426. The third-order valence-corrected chi connectivity index (χ3v) is 2.32. The molecule has 5 nitrogen and oxygen atoms in total. The molecule has 1 aromatic rings. The van der Waals surface area contributed by atoms with Gasteiger partial charge in [-0.2, -0.15) is 0 Å². The highest BCUT2D eigenvalue weighted by Gasteiger charge is 2.07. The Balaban J connectivity index is 2.86. The summed E-state index contributed by atoms with van der Waals surface area (Å²) < 4.78 is 10.3. The average molecular weight is 241 g/mol. The molecule has 1 rings (SSSR count). The van der Waals surface area contributed by atoms with Crippen LogP contribution in [0.15, 0.2) is 18.2 Å². The molecule has 0 heterocycles. The Hall–Kier alpha value is -1.53. The Kier molecular flexibility index (Phi) is 4.33. The number of nitrogens with zero attached hydrogens (tertiary/aromatic N) is 1. The lowest BCUT2D eigenvalue weighted by atomic mass is 10.2. The van der Waals surface area contributed by atoms with Crippen LogP contribution in [0, 0.1) is 0 Å². The van der Waals surface area contributed by atoms with Crippen LogP contribution in [0.5, 0.6) is 11.5 Å². The van der Waals surface area contributed by atoms with Gasteiger partial charge in [0.1, 0.15) is 0 Å².